The molecule has 0 radical (unpaired) electrons. The summed E-state index contributed by atoms with van der Waals surface area (Å²) in [6, 6.07) is 7.49. The van der Waals surface area contributed by atoms with E-state index in [2.05, 4.69) is 16.0 Å². The minimum atomic E-state index is -3.73. The lowest BCUT2D eigenvalue weighted by atomic mass is 9.63. The zero-order chi connectivity index (χ0) is 35.4. The second-order valence-corrected chi connectivity index (χ2v) is 19.3. The van der Waals surface area contributed by atoms with Crippen LogP contribution in [-0.4, -0.2) is 100 Å². The Morgan fingerprint density at radius 3 is 2.20 bits per heavy atom. The molecular formula is C38H58N4O6S2. The lowest BCUT2D eigenvalue weighted by Crippen LogP contribution is -2.48. The molecule has 1 aromatic heterocycles. The third-order valence-corrected chi connectivity index (χ3v) is 16.4. The van der Waals surface area contributed by atoms with Gasteiger partial charge < -0.3 is 14.4 Å². The number of benzene rings is 1. The number of hydrogen-bond acceptors (Lipinski definition) is 8. The summed E-state index contributed by atoms with van der Waals surface area (Å²) in [5, 5.41) is 0. The van der Waals surface area contributed by atoms with Crippen LogP contribution in [0.1, 0.15) is 100 Å². The minimum absolute atomic E-state index is 0.0555. The van der Waals surface area contributed by atoms with E-state index < -0.39 is 20.0 Å². The molecule has 12 heteroatoms. The summed E-state index contributed by atoms with van der Waals surface area (Å²) in [5.74, 6) is 0.696. The van der Waals surface area contributed by atoms with E-state index in [-0.39, 0.29) is 22.8 Å². The third-order valence-electron chi connectivity index (χ3n) is 12.2. The van der Waals surface area contributed by atoms with E-state index in [0.29, 0.717) is 54.2 Å². The zero-order valence-corrected chi connectivity index (χ0v) is 32.1. The van der Waals surface area contributed by atoms with Crippen LogP contribution in [0.15, 0.2) is 41.6 Å². The van der Waals surface area contributed by atoms with E-state index in [1.54, 1.807) is 27.9 Å². The van der Waals surface area contributed by atoms with Crippen molar-refractivity contribution in [3.8, 4) is 5.75 Å². The highest BCUT2D eigenvalue weighted by atomic mass is 32.2. The Bertz CT molecular complexity index is 1620. The first kappa shape index (κ1) is 37.7. The average molecular weight is 731 g/mol. The summed E-state index contributed by atoms with van der Waals surface area (Å²) < 4.78 is 70.6. The van der Waals surface area contributed by atoms with Gasteiger partial charge in [0.05, 0.1) is 30.0 Å². The fraction of sp³-hybridized carbons (Fsp3) is 0.711. The maximum absolute atomic E-state index is 14.0. The molecule has 2 aromatic rings. The smallest absolute Gasteiger partial charge is 0.243 e. The van der Waals surface area contributed by atoms with Gasteiger partial charge in [-0.25, -0.2) is 21.1 Å². The molecule has 1 saturated carbocycles. The van der Waals surface area contributed by atoms with Crippen molar-refractivity contribution in [2.45, 2.75) is 114 Å². The van der Waals surface area contributed by atoms with E-state index in [0.717, 1.165) is 89.6 Å². The van der Waals surface area contributed by atoms with Crippen molar-refractivity contribution in [2.75, 3.05) is 58.7 Å². The number of piperidine rings is 2. The van der Waals surface area contributed by atoms with E-state index in [1.165, 1.54) is 12.8 Å². The first-order valence-electron chi connectivity index (χ1n) is 18.9. The summed E-state index contributed by atoms with van der Waals surface area (Å²) in [6.45, 7) is 9.21. The molecule has 1 unspecified atom stereocenters. The number of likely N-dealkylation sites (tertiary alicyclic amines) is 1. The van der Waals surface area contributed by atoms with Gasteiger partial charge in [-0.05, 0) is 139 Å². The molecule has 50 heavy (non-hydrogen) atoms. The SMILES string of the molecule is COc1cc(C)c(S(=O)(=O)N2CCCCC2CCCS(=O)(=O)N2CCC3(CC2)CCC(OCCN2CCCC2)(c2cccnc2)CC3)c(C)c1. The second-order valence-electron chi connectivity index (χ2n) is 15.3. The van der Waals surface area contributed by atoms with Crippen molar-refractivity contribution < 1.29 is 26.3 Å². The fourth-order valence-corrected chi connectivity index (χ4v) is 12.9. The number of aryl methyl sites for hydroxylation is 2. The van der Waals surface area contributed by atoms with Crippen molar-refractivity contribution in [1.29, 1.82) is 0 Å². The molecular weight excluding hydrogens is 673 g/mol. The fourth-order valence-electron chi connectivity index (χ4n) is 9.21. The highest BCUT2D eigenvalue weighted by Gasteiger charge is 2.47. The predicted molar refractivity (Wildman–Crippen MR) is 196 cm³/mol. The van der Waals surface area contributed by atoms with Gasteiger partial charge in [-0.3, -0.25) is 4.98 Å². The highest BCUT2D eigenvalue weighted by Crippen LogP contribution is 2.52. The van der Waals surface area contributed by atoms with Crippen LogP contribution in [0.2, 0.25) is 0 Å². The van der Waals surface area contributed by atoms with Crippen LogP contribution >= 0.6 is 0 Å². The Morgan fingerprint density at radius 2 is 1.56 bits per heavy atom. The van der Waals surface area contributed by atoms with Gasteiger partial charge in [0.1, 0.15) is 5.75 Å². The largest absolute Gasteiger partial charge is 0.497 e. The number of pyridine rings is 1. The zero-order valence-electron chi connectivity index (χ0n) is 30.4. The van der Waals surface area contributed by atoms with Gasteiger partial charge in [-0.2, -0.15) is 4.31 Å². The molecule has 0 bridgehead atoms. The Labute approximate surface area is 301 Å². The van der Waals surface area contributed by atoms with Crippen molar-refractivity contribution >= 4 is 20.0 Å². The number of rotatable bonds is 13. The summed E-state index contributed by atoms with van der Waals surface area (Å²) in [7, 11) is -5.59. The Hall–Kier alpha value is -2.09. The number of ether oxygens (including phenoxy) is 2. The normalized spacial score (nSPS) is 23.7. The first-order chi connectivity index (χ1) is 24.0. The Balaban J connectivity index is 1.02. The van der Waals surface area contributed by atoms with Gasteiger partial charge in [0.2, 0.25) is 20.0 Å². The molecule has 278 valence electrons. The maximum atomic E-state index is 14.0. The molecule has 4 fully saturated rings. The van der Waals surface area contributed by atoms with Crippen LogP contribution in [0.25, 0.3) is 0 Å². The van der Waals surface area contributed by atoms with Gasteiger partial charge >= 0.3 is 0 Å². The molecule has 10 nitrogen and oxygen atoms in total. The Morgan fingerprint density at radius 1 is 0.880 bits per heavy atom. The monoisotopic (exact) mass is 730 g/mol. The molecule has 4 aliphatic rings. The quantitative estimate of drug-likeness (QED) is 0.246. The number of nitrogens with zero attached hydrogens (tertiary/aromatic N) is 4. The molecule has 1 atom stereocenters. The van der Waals surface area contributed by atoms with Crippen LogP contribution in [0.5, 0.6) is 5.75 Å². The van der Waals surface area contributed by atoms with E-state index >= 15 is 0 Å². The van der Waals surface area contributed by atoms with Gasteiger partial charge in [0, 0.05) is 50.2 Å². The molecule has 4 heterocycles. The predicted octanol–water partition coefficient (Wildman–Crippen LogP) is 6.02. The summed E-state index contributed by atoms with van der Waals surface area (Å²) in [5.41, 5.74) is 2.32. The minimum Gasteiger partial charge on any atom is -0.497 e. The van der Waals surface area contributed by atoms with E-state index in [9.17, 15) is 16.8 Å². The lowest BCUT2D eigenvalue weighted by Gasteiger charge is -2.49. The van der Waals surface area contributed by atoms with E-state index in [4.69, 9.17) is 9.47 Å². The molecule has 0 amide bonds. The third kappa shape index (κ3) is 8.26. The topological polar surface area (TPSA) is 109 Å². The van der Waals surface area contributed by atoms with Gasteiger partial charge in [0.25, 0.3) is 0 Å². The van der Waals surface area contributed by atoms with Crippen LogP contribution < -0.4 is 4.74 Å². The molecule has 0 N–H and O–H groups in total. The second kappa shape index (κ2) is 15.9. The van der Waals surface area contributed by atoms with Gasteiger partial charge in [-0.1, -0.05) is 12.5 Å². The lowest BCUT2D eigenvalue weighted by molar-refractivity contribution is -0.108. The van der Waals surface area contributed by atoms with Gasteiger partial charge in [-0.15, -0.1) is 0 Å². The molecule has 6 rings (SSSR count). The standard InChI is InChI=1S/C38H58N4O6S2/c1-31-28-35(47-3)29-32(2)36(31)50(45,46)42-22-5-4-11-34(42)12-9-27-49(43,44)41-23-17-37(18-24-41)13-15-38(16-14-37,33-10-8-19-39-30-33)48-26-25-40-20-6-7-21-40/h8,10,19,28-30,34H,4-7,9,11-18,20-27H2,1-3H3. The molecule has 1 aliphatic carbocycles. The first-order valence-corrected chi connectivity index (χ1v) is 21.9. The number of aromatic nitrogens is 1. The maximum Gasteiger partial charge on any atom is 0.243 e. The molecule has 1 aromatic carbocycles. The summed E-state index contributed by atoms with van der Waals surface area (Å²) in [6.07, 6.45) is 15.5. The average Bonchev–Trinajstić information content (AvgIpc) is 3.63. The number of sulfonamides is 2. The van der Waals surface area contributed by atoms with Crippen molar-refractivity contribution in [1.82, 2.24) is 18.5 Å². The molecule has 3 aliphatic heterocycles. The van der Waals surface area contributed by atoms with Crippen LogP contribution in [-0.2, 0) is 30.4 Å². The van der Waals surface area contributed by atoms with Crippen LogP contribution in [0, 0.1) is 19.3 Å². The van der Waals surface area contributed by atoms with Crippen LogP contribution in [0.4, 0.5) is 0 Å². The van der Waals surface area contributed by atoms with Crippen molar-refractivity contribution in [3.05, 3.63) is 53.3 Å². The number of hydrogen-bond donors (Lipinski definition) is 0. The summed E-state index contributed by atoms with van der Waals surface area (Å²) in [4.78, 5) is 7.26. The molecule has 1 spiro atoms. The number of methoxy groups -OCH3 is 1. The van der Waals surface area contributed by atoms with Crippen molar-refractivity contribution in [2.24, 2.45) is 5.41 Å². The van der Waals surface area contributed by atoms with Gasteiger partial charge in [0.15, 0.2) is 0 Å². The Kier molecular flexibility index (Phi) is 12.0. The summed E-state index contributed by atoms with van der Waals surface area (Å²) >= 11 is 0. The molecule has 3 saturated heterocycles. The van der Waals surface area contributed by atoms with Crippen molar-refractivity contribution in [3.63, 3.8) is 0 Å². The highest BCUT2D eigenvalue weighted by molar-refractivity contribution is 7.89. The van der Waals surface area contributed by atoms with E-state index in [1.807, 2.05) is 32.3 Å². The van der Waals surface area contributed by atoms with Crippen LogP contribution in [0.3, 0.4) is 0 Å².